The van der Waals surface area contributed by atoms with E-state index < -0.39 is 5.97 Å². The Bertz CT molecular complexity index is 827. The van der Waals surface area contributed by atoms with Crippen LogP contribution in [0.5, 0.6) is 5.88 Å². The van der Waals surface area contributed by atoms with E-state index in [1.807, 2.05) is 6.07 Å². The first-order chi connectivity index (χ1) is 10.1. The van der Waals surface area contributed by atoms with Gasteiger partial charge in [-0.25, -0.2) is 9.78 Å². The summed E-state index contributed by atoms with van der Waals surface area (Å²) in [7, 11) is 1.28. The maximum absolute atomic E-state index is 11.9. The van der Waals surface area contributed by atoms with Crippen LogP contribution in [0.15, 0.2) is 30.6 Å². The van der Waals surface area contributed by atoms with E-state index in [2.05, 4.69) is 4.98 Å². The number of aromatic hydroxyl groups is 1. The van der Waals surface area contributed by atoms with Crippen molar-refractivity contribution in [3.63, 3.8) is 0 Å². The van der Waals surface area contributed by atoms with E-state index in [1.165, 1.54) is 18.4 Å². The number of hydrogen-bond donors (Lipinski definition) is 1. The van der Waals surface area contributed by atoms with Gasteiger partial charge < -0.3 is 9.84 Å². The van der Waals surface area contributed by atoms with E-state index in [4.69, 9.17) is 16.3 Å². The van der Waals surface area contributed by atoms with E-state index in [0.717, 1.165) is 4.88 Å². The van der Waals surface area contributed by atoms with Crippen molar-refractivity contribution >= 4 is 34.6 Å². The summed E-state index contributed by atoms with van der Waals surface area (Å²) in [6.45, 7) is 0.362. The zero-order chi connectivity index (χ0) is 15.0. The number of fused-ring (bicyclic) bond motifs is 1. The second-order valence-corrected chi connectivity index (χ2v) is 5.96. The smallest absolute Gasteiger partial charge is 0.386 e. The summed E-state index contributed by atoms with van der Waals surface area (Å²) in [6, 6.07) is 5.40. The monoisotopic (exact) mass is 324 g/mol. The molecule has 0 unspecified atom stereocenters. The van der Waals surface area contributed by atoms with Crippen LogP contribution in [-0.4, -0.2) is 27.6 Å². The summed E-state index contributed by atoms with van der Waals surface area (Å²) in [6.07, 6.45) is 3.33. The molecule has 21 heavy (non-hydrogen) atoms. The van der Waals surface area contributed by atoms with Gasteiger partial charge in [-0.3, -0.25) is 0 Å². The first kappa shape index (κ1) is 13.8. The van der Waals surface area contributed by atoms with Crippen molar-refractivity contribution in [2.24, 2.45) is 0 Å². The van der Waals surface area contributed by atoms with Gasteiger partial charge in [-0.05, 0) is 6.07 Å². The van der Waals surface area contributed by atoms with E-state index >= 15 is 0 Å². The van der Waals surface area contributed by atoms with Crippen LogP contribution in [0.1, 0.15) is 15.4 Å². The number of pyridine rings is 1. The zero-order valence-electron chi connectivity index (χ0n) is 11.0. The van der Waals surface area contributed by atoms with Crippen molar-refractivity contribution in [1.82, 2.24) is 9.38 Å². The molecule has 1 N–H and O–H groups in total. The van der Waals surface area contributed by atoms with E-state index in [9.17, 15) is 9.90 Å². The Morgan fingerprint density at radius 1 is 1.57 bits per heavy atom. The number of thiazole rings is 1. The topological polar surface area (TPSA) is 67.7 Å². The lowest BCUT2D eigenvalue weighted by Crippen LogP contribution is -2.33. The van der Waals surface area contributed by atoms with Crippen molar-refractivity contribution in [2.45, 2.75) is 6.54 Å². The quantitative estimate of drug-likeness (QED) is 0.590. The number of carbonyl (C=O) groups excluding carboxylic acids is 1. The highest BCUT2D eigenvalue weighted by Crippen LogP contribution is 2.21. The lowest BCUT2D eigenvalue weighted by atomic mass is 10.4. The molecule has 0 aliphatic carbocycles. The molecule has 3 heterocycles. The zero-order valence-corrected chi connectivity index (χ0v) is 12.6. The van der Waals surface area contributed by atoms with E-state index in [1.54, 1.807) is 33.5 Å². The largest absolute Gasteiger partial charge is 0.474 e. The van der Waals surface area contributed by atoms with Gasteiger partial charge in [-0.2, -0.15) is 8.97 Å². The third kappa shape index (κ3) is 2.34. The molecule has 0 aliphatic rings. The Morgan fingerprint density at radius 3 is 3.05 bits per heavy atom. The molecule has 3 aromatic rings. The van der Waals surface area contributed by atoms with Crippen molar-refractivity contribution in [3.05, 3.63) is 45.6 Å². The molecule has 0 fully saturated rings. The fourth-order valence-corrected chi connectivity index (χ4v) is 3.11. The molecule has 0 bridgehead atoms. The fraction of sp³-hybridized carbons (Fsp3) is 0.154. The van der Waals surface area contributed by atoms with Crippen molar-refractivity contribution < 1.29 is 19.2 Å². The summed E-state index contributed by atoms with van der Waals surface area (Å²) in [4.78, 5) is 16.7. The van der Waals surface area contributed by atoms with Crippen molar-refractivity contribution in [2.75, 3.05) is 7.11 Å². The third-order valence-corrected chi connectivity index (χ3v) is 4.14. The lowest BCUT2D eigenvalue weighted by molar-refractivity contribution is -0.667. The Labute approximate surface area is 128 Å². The van der Waals surface area contributed by atoms with Crippen LogP contribution in [0.3, 0.4) is 0 Å². The summed E-state index contributed by atoms with van der Waals surface area (Å²) < 4.78 is 8.36. The summed E-state index contributed by atoms with van der Waals surface area (Å²) >= 11 is 7.14. The molecule has 6 nitrogen and oxygen atoms in total. The second kappa shape index (κ2) is 5.34. The van der Waals surface area contributed by atoms with Gasteiger partial charge in [-0.15, -0.1) is 11.3 Å². The number of halogens is 1. The molecule has 0 saturated carbocycles. The first-order valence-electron chi connectivity index (χ1n) is 6.02. The second-order valence-electron chi connectivity index (χ2n) is 4.26. The van der Waals surface area contributed by atoms with Gasteiger partial charge in [0.15, 0.2) is 4.47 Å². The standard InChI is InChI=1S/C13H10ClN3O3S/c1-20-12(19)10-11(18)17(7-8-6-15-13(14)21-8)9-4-2-3-5-16(9)10/h2-6H,7H2,1H3/p+1. The SMILES string of the molecule is COC(=O)c1c(O)[n+](Cc2cnc(Cl)s2)c2ccccn12. The number of nitrogens with zero attached hydrogens (tertiary/aromatic N) is 3. The maximum atomic E-state index is 11.9. The summed E-state index contributed by atoms with van der Waals surface area (Å²) in [5, 5.41) is 10.4. The highest BCUT2D eigenvalue weighted by molar-refractivity contribution is 7.15. The molecular formula is C13H11ClN3O3S+. The number of esters is 1. The molecule has 0 saturated heterocycles. The molecule has 3 rings (SSSR count). The number of methoxy groups -OCH3 is 1. The molecule has 0 aromatic carbocycles. The molecule has 8 heteroatoms. The Kier molecular flexibility index (Phi) is 3.52. The molecule has 0 spiro atoms. The van der Waals surface area contributed by atoms with Crippen LogP contribution in [-0.2, 0) is 11.3 Å². The minimum absolute atomic E-state index is 0.0868. The first-order valence-corrected chi connectivity index (χ1v) is 7.21. The average molecular weight is 325 g/mol. The summed E-state index contributed by atoms with van der Waals surface area (Å²) in [5.41, 5.74) is 0.753. The lowest BCUT2D eigenvalue weighted by Gasteiger charge is -1.95. The van der Waals surface area contributed by atoms with Gasteiger partial charge in [-0.1, -0.05) is 17.7 Å². The number of hydrogen-bond acceptors (Lipinski definition) is 5. The molecule has 0 aliphatic heterocycles. The van der Waals surface area contributed by atoms with E-state index in [-0.39, 0.29) is 11.6 Å². The van der Waals surface area contributed by atoms with Gasteiger partial charge >= 0.3 is 17.5 Å². The Morgan fingerprint density at radius 2 is 2.38 bits per heavy atom. The molecule has 0 amide bonds. The minimum atomic E-state index is -0.602. The Hall–Kier alpha value is -2.12. The van der Waals surface area contributed by atoms with Crippen LogP contribution >= 0.6 is 22.9 Å². The number of rotatable bonds is 3. The van der Waals surface area contributed by atoms with Crippen LogP contribution in [0.4, 0.5) is 0 Å². The van der Waals surface area contributed by atoms with Crippen LogP contribution < -0.4 is 4.57 Å². The molecule has 108 valence electrons. The molecule has 3 aromatic heterocycles. The van der Waals surface area contributed by atoms with Gasteiger partial charge in [0.25, 0.3) is 5.65 Å². The minimum Gasteiger partial charge on any atom is -0.474 e. The van der Waals surface area contributed by atoms with Gasteiger partial charge in [0, 0.05) is 12.3 Å². The normalized spacial score (nSPS) is 11.0. The molecular weight excluding hydrogens is 314 g/mol. The highest BCUT2D eigenvalue weighted by Gasteiger charge is 2.31. The van der Waals surface area contributed by atoms with Gasteiger partial charge in [0.2, 0.25) is 0 Å². The van der Waals surface area contributed by atoms with Gasteiger partial charge in [0.05, 0.1) is 18.2 Å². The van der Waals surface area contributed by atoms with Crippen LogP contribution in [0.2, 0.25) is 4.47 Å². The van der Waals surface area contributed by atoms with Crippen LogP contribution in [0.25, 0.3) is 5.65 Å². The maximum Gasteiger partial charge on any atom is 0.386 e. The van der Waals surface area contributed by atoms with E-state index in [0.29, 0.717) is 16.7 Å². The highest BCUT2D eigenvalue weighted by atomic mass is 35.5. The number of ether oxygens (including phenoxy) is 1. The number of imidazole rings is 1. The number of aromatic nitrogens is 3. The average Bonchev–Trinajstić information content (AvgIpc) is 3.01. The Balaban J connectivity index is 2.18. The van der Waals surface area contributed by atoms with Crippen molar-refractivity contribution in [3.8, 4) is 5.88 Å². The third-order valence-electron chi connectivity index (χ3n) is 3.04. The summed E-state index contributed by atoms with van der Waals surface area (Å²) in [5.74, 6) is -0.757. The predicted molar refractivity (Wildman–Crippen MR) is 76.8 cm³/mol. The molecule has 0 radical (unpaired) electrons. The predicted octanol–water partition coefficient (Wildman–Crippen LogP) is 1.88. The number of carbonyl (C=O) groups is 1. The van der Waals surface area contributed by atoms with Crippen molar-refractivity contribution in [1.29, 1.82) is 0 Å². The van der Waals surface area contributed by atoms with Crippen LogP contribution in [0, 0.1) is 0 Å². The van der Waals surface area contributed by atoms with Gasteiger partial charge in [0.1, 0.15) is 6.54 Å². The molecule has 0 atom stereocenters. The fourth-order valence-electron chi connectivity index (χ4n) is 2.14.